The molecule has 1 unspecified atom stereocenters. The lowest BCUT2D eigenvalue weighted by molar-refractivity contribution is -0.311. The maximum absolute atomic E-state index is 14.3. The molecule has 1 aromatic heterocycles. The van der Waals surface area contributed by atoms with Gasteiger partial charge in [0.1, 0.15) is 23.4 Å². The topological polar surface area (TPSA) is 71.5 Å². The van der Waals surface area contributed by atoms with Crippen molar-refractivity contribution in [1.29, 1.82) is 0 Å². The van der Waals surface area contributed by atoms with Gasteiger partial charge in [-0.2, -0.15) is 0 Å². The molecule has 2 aliphatic rings. The summed E-state index contributed by atoms with van der Waals surface area (Å²) in [6.07, 6.45) is 5.17. The van der Waals surface area contributed by atoms with E-state index in [1.165, 1.54) is 6.07 Å². The molecule has 3 atom stereocenters. The number of carbonyl (C=O) groups excluding carboxylic acids is 1. The predicted octanol–water partition coefficient (Wildman–Crippen LogP) is 4.84. The quantitative estimate of drug-likeness (QED) is 0.504. The van der Waals surface area contributed by atoms with Crippen molar-refractivity contribution >= 4 is 5.97 Å². The van der Waals surface area contributed by atoms with Crippen LogP contribution in [-0.2, 0) is 11.2 Å². The number of halogens is 1. The Labute approximate surface area is 198 Å². The predicted molar refractivity (Wildman–Crippen MR) is 124 cm³/mol. The van der Waals surface area contributed by atoms with Crippen LogP contribution in [0.25, 0.3) is 11.1 Å². The van der Waals surface area contributed by atoms with Gasteiger partial charge in [-0.15, -0.1) is 0 Å². The molecule has 1 saturated carbocycles. The first kappa shape index (κ1) is 22.4. The van der Waals surface area contributed by atoms with Gasteiger partial charge in [-0.1, -0.05) is 25.1 Å². The van der Waals surface area contributed by atoms with Crippen molar-refractivity contribution in [3.05, 3.63) is 77.4 Å². The maximum atomic E-state index is 14.3. The maximum Gasteiger partial charge on any atom is 0.141 e. The summed E-state index contributed by atoms with van der Waals surface area (Å²) in [5.41, 5.74) is 4.00. The number of carboxylic acid groups (broad SMARTS) is 1. The van der Waals surface area contributed by atoms with E-state index in [0.29, 0.717) is 22.8 Å². The van der Waals surface area contributed by atoms with Crippen molar-refractivity contribution in [2.24, 2.45) is 11.8 Å². The van der Waals surface area contributed by atoms with Crippen LogP contribution >= 0.6 is 0 Å². The Morgan fingerprint density at radius 3 is 2.65 bits per heavy atom. The van der Waals surface area contributed by atoms with Gasteiger partial charge in [0.2, 0.25) is 0 Å². The molecule has 34 heavy (non-hydrogen) atoms. The smallest absolute Gasteiger partial charge is 0.141 e. The average molecular weight is 461 g/mol. The molecule has 0 N–H and O–H groups in total. The summed E-state index contributed by atoms with van der Waals surface area (Å²) in [7, 11) is 1.55. The van der Waals surface area contributed by atoms with Gasteiger partial charge in [0, 0.05) is 29.2 Å². The van der Waals surface area contributed by atoms with Crippen molar-refractivity contribution in [3.8, 4) is 22.6 Å². The normalized spacial score (nSPS) is 19.0. The number of pyridine rings is 1. The number of carboxylic acids is 1. The highest BCUT2D eigenvalue weighted by Crippen LogP contribution is 2.48. The largest absolute Gasteiger partial charge is 0.550 e. The van der Waals surface area contributed by atoms with Gasteiger partial charge < -0.3 is 19.4 Å². The third-order valence-corrected chi connectivity index (χ3v) is 7.06. The van der Waals surface area contributed by atoms with Gasteiger partial charge >= 0.3 is 0 Å². The first-order valence-electron chi connectivity index (χ1n) is 11.7. The standard InChI is InChI=1S/C28H28FNO4/c1-16(28(31)32)27(18-4-5-18)19-6-3-17-8-12-25(34-26(17)13-19)24-11-7-20(15-30-24)22-14-21(33-2)9-10-23(22)29/h3,6-7,9-11,13-16,18,25,27H,4-5,8,12H2,1-2H3,(H,31,32)/p-1/t16-,25?,27-/m0/s1. The van der Waals surface area contributed by atoms with E-state index in [2.05, 4.69) is 11.1 Å². The fraction of sp³-hybridized carbons (Fsp3) is 0.357. The molecular weight excluding hydrogens is 433 g/mol. The molecule has 1 aliphatic carbocycles. The molecule has 5 nitrogen and oxygen atoms in total. The number of aromatic nitrogens is 1. The van der Waals surface area contributed by atoms with Crippen molar-refractivity contribution in [2.75, 3.05) is 7.11 Å². The molecule has 0 amide bonds. The molecule has 1 aliphatic heterocycles. The van der Waals surface area contributed by atoms with Gasteiger partial charge in [0.25, 0.3) is 0 Å². The number of rotatable bonds is 7. The number of hydrogen-bond donors (Lipinski definition) is 0. The zero-order valence-corrected chi connectivity index (χ0v) is 19.3. The number of aryl methyl sites for hydroxylation is 1. The fourth-order valence-corrected chi connectivity index (χ4v) is 4.98. The van der Waals surface area contributed by atoms with Crippen LogP contribution in [0, 0.1) is 17.7 Å². The Hall–Kier alpha value is -3.41. The van der Waals surface area contributed by atoms with E-state index in [9.17, 15) is 14.3 Å². The zero-order chi connectivity index (χ0) is 23.8. The second kappa shape index (κ2) is 9.09. The van der Waals surface area contributed by atoms with E-state index >= 15 is 0 Å². The van der Waals surface area contributed by atoms with Crippen LogP contribution in [0.15, 0.2) is 54.7 Å². The Kier molecular flexibility index (Phi) is 5.98. The van der Waals surface area contributed by atoms with E-state index in [-0.39, 0.29) is 17.8 Å². The van der Waals surface area contributed by atoms with Crippen LogP contribution < -0.4 is 14.6 Å². The van der Waals surface area contributed by atoms with Crippen LogP contribution in [0.5, 0.6) is 11.5 Å². The van der Waals surface area contributed by atoms with Crippen LogP contribution in [-0.4, -0.2) is 18.1 Å². The minimum Gasteiger partial charge on any atom is -0.550 e. The van der Waals surface area contributed by atoms with Crippen molar-refractivity contribution < 1.29 is 23.8 Å². The van der Waals surface area contributed by atoms with Crippen LogP contribution in [0.2, 0.25) is 0 Å². The highest BCUT2D eigenvalue weighted by molar-refractivity contribution is 5.69. The fourth-order valence-electron chi connectivity index (χ4n) is 4.98. The first-order valence-corrected chi connectivity index (χ1v) is 11.7. The van der Waals surface area contributed by atoms with Gasteiger partial charge in [0.05, 0.1) is 12.8 Å². The molecule has 0 spiro atoms. The Morgan fingerprint density at radius 2 is 1.97 bits per heavy atom. The average Bonchev–Trinajstić information content (AvgIpc) is 3.69. The molecule has 3 aromatic rings. The number of methoxy groups -OCH3 is 1. The van der Waals surface area contributed by atoms with Crippen LogP contribution in [0.1, 0.15) is 55.0 Å². The molecule has 1 fully saturated rings. The zero-order valence-electron chi connectivity index (χ0n) is 19.3. The molecule has 6 heteroatoms. The Bertz CT molecular complexity index is 1210. The Morgan fingerprint density at radius 1 is 1.15 bits per heavy atom. The molecule has 0 saturated heterocycles. The summed E-state index contributed by atoms with van der Waals surface area (Å²) in [4.78, 5) is 16.2. The lowest BCUT2D eigenvalue weighted by Gasteiger charge is -2.29. The second-order valence-electron chi connectivity index (χ2n) is 9.30. The number of carbonyl (C=O) groups is 1. The molecule has 176 valence electrons. The van der Waals surface area contributed by atoms with E-state index < -0.39 is 11.9 Å². The number of aliphatic carboxylic acids is 1. The van der Waals surface area contributed by atoms with Gasteiger partial charge in [-0.3, -0.25) is 4.98 Å². The lowest BCUT2D eigenvalue weighted by atomic mass is 9.82. The lowest BCUT2D eigenvalue weighted by Crippen LogP contribution is -2.34. The van der Waals surface area contributed by atoms with Crippen LogP contribution in [0.4, 0.5) is 4.39 Å². The molecule has 5 rings (SSSR count). The highest BCUT2D eigenvalue weighted by atomic mass is 19.1. The van der Waals surface area contributed by atoms with Crippen molar-refractivity contribution in [2.45, 2.75) is 44.6 Å². The molecular formula is C28H27FNO4-. The Balaban J connectivity index is 1.37. The highest BCUT2D eigenvalue weighted by Gasteiger charge is 2.37. The summed E-state index contributed by atoms with van der Waals surface area (Å²) in [6, 6.07) is 14.5. The van der Waals surface area contributed by atoms with E-state index in [1.807, 2.05) is 24.3 Å². The number of hydrogen-bond acceptors (Lipinski definition) is 5. The van der Waals surface area contributed by atoms with Gasteiger partial charge in [0.15, 0.2) is 0 Å². The minimum atomic E-state index is -1.01. The molecule has 0 bridgehead atoms. The molecule has 2 heterocycles. The third kappa shape index (κ3) is 4.37. The van der Waals surface area contributed by atoms with E-state index in [1.54, 1.807) is 32.4 Å². The molecule has 2 aromatic carbocycles. The number of ether oxygens (including phenoxy) is 2. The summed E-state index contributed by atoms with van der Waals surface area (Å²) < 4.78 is 25.9. The third-order valence-electron chi connectivity index (χ3n) is 7.06. The second-order valence-corrected chi connectivity index (χ2v) is 9.30. The van der Waals surface area contributed by atoms with E-state index in [0.717, 1.165) is 48.3 Å². The number of benzene rings is 2. The number of nitrogens with zero attached hydrogens (tertiary/aromatic N) is 1. The van der Waals surface area contributed by atoms with E-state index in [4.69, 9.17) is 9.47 Å². The SMILES string of the molecule is COc1ccc(F)c(-c2ccc(C3CCc4ccc([C@H](C5CC5)[C@H](C)C(=O)[O-])cc4O3)nc2)c1. The first-order chi connectivity index (χ1) is 16.4. The van der Waals surface area contributed by atoms with Gasteiger partial charge in [-0.05, 0) is 79.0 Å². The molecule has 0 radical (unpaired) electrons. The van der Waals surface area contributed by atoms with Crippen molar-refractivity contribution in [3.63, 3.8) is 0 Å². The summed E-state index contributed by atoms with van der Waals surface area (Å²) in [5.74, 6) is -0.190. The number of fused-ring (bicyclic) bond motifs is 1. The van der Waals surface area contributed by atoms with Crippen molar-refractivity contribution in [1.82, 2.24) is 4.98 Å². The minimum absolute atomic E-state index is 0.0607. The van der Waals surface area contributed by atoms with Gasteiger partial charge in [-0.25, -0.2) is 4.39 Å². The van der Waals surface area contributed by atoms with Crippen LogP contribution in [0.3, 0.4) is 0 Å². The summed E-state index contributed by atoms with van der Waals surface area (Å²) in [6.45, 7) is 1.73. The summed E-state index contributed by atoms with van der Waals surface area (Å²) >= 11 is 0. The summed E-state index contributed by atoms with van der Waals surface area (Å²) in [5, 5.41) is 11.6. The monoisotopic (exact) mass is 460 g/mol.